The monoisotopic (exact) mass is 243 g/mol. The summed E-state index contributed by atoms with van der Waals surface area (Å²) in [6.45, 7) is 6.96. The Bertz CT molecular complexity index is 541. The van der Waals surface area contributed by atoms with Gasteiger partial charge in [-0.05, 0) is 37.5 Å². The number of rotatable bonds is 4. The van der Waals surface area contributed by atoms with Gasteiger partial charge in [0, 0.05) is 17.8 Å². The average Bonchev–Trinajstić information content (AvgIpc) is 2.76. The molecular formula is C15H21N3. The first-order valence-corrected chi connectivity index (χ1v) is 6.50. The van der Waals surface area contributed by atoms with Gasteiger partial charge in [-0.2, -0.15) is 5.10 Å². The van der Waals surface area contributed by atoms with Gasteiger partial charge in [-0.15, -0.1) is 0 Å². The van der Waals surface area contributed by atoms with Gasteiger partial charge in [0.05, 0.1) is 11.9 Å². The number of aryl methyl sites for hydroxylation is 2. The van der Waals surface area contributed by atoms with Crippen LogP contribution in [0.1, 0.15) is 35.7 Å². The van der Waals surface area contributed by atoms with Gasteiger partial charge in [0.15, 0.2) is 0 Å². The van der Waals surface area contributed by atoms with Crippen LogP contribution in [0.15, 0.2) is 24.4 Å². The van der Waals surface area contributed by atoms with Gasteiger partial charge in [-0.3, -0.25) is 0 Å². The van der Waals surface area contributed by atoms with Crippen molar-refractivity contribution < 1.29 is 0 Å². The highest BCUT2D eigenvalue weighted by Crippen LogP contribution is 2.20. The van der Waals surface area contributed by atoms with E-state index in [4.69, 9.17) is 5.73 Å². The molecule has 0 atom stereocenters. The molecule has 1 aromatic carbocycles. The minimum atomic E-state index is 0.556. The Labute approximate surface area is 109 Å². The van der Waals surface area contributed by atoms with Crippen LogP contribution in [0.2, 0.25) is 0 Å². The Balaban J connectivity index is 2.56. The molecule has 18 heavy (non-hydrogen) atoms. The summed E-state index contributed by atoms with van der Waals surface area (Å²) in [6.07, 6.45) is 4.01. The minimum Gasteiger partial charge on any atom is -0.326 e. The predicted octanol–water partition coefficient (Wildman–Crippen LogP) is 2.90. The maximum atomic E-state index is 5.79. The molecule has 0 spiro atoms. The minimum absolute atomic E-state index is 0.556. The van der Waals surface area contributed by atoms with Gasteiger partial charge in [0.1, 0.15) is 0 Å². The lowest BCUT2D eigenvalue weighted by atomic mass is 10.1. The molecule has 0 amide bonds. The lowest BCUT2D eigenvalue weighted by molar-refractivity contribution is 0.763. The Hall–Kier alpha value is -1.61. The summed E-state index contributed by atoms with van der Waals surface area (Å²) >= 11 is 0. The van der Waals surface area contributed by atoms with Crippen molar-refractivity contribution in [2.75, 3.05) is 0 Å². The summed E-state index contributed by atoms with van der Waals surface area (Å²) in [5.74, 6) is 0. The summed E-state index contributed by atoms with van der Waals surface area (Å²) < 4.78 is 2.05. The van der Waals surface area contributed by atoms with Crippen molar-refractivity contribution in [3.8, 4) is 5.69 Å². The molecule has 0 aliphatic carbocycles. The van der Waals surface area contributed by atoms with E-state index in [-0.39, 0.29) is 0 Å². The normalized spacial score (nSPS) is 10.9. The highest BCUT2D eigenvalue weighted by atomic mass is 15.3. The molecule has 2 aromatic rings. The highest BCUT2D eigenvalue weighted by Gasteiger charge is 2.12. The average molecular weight is 243 g/mol. The molecule has 2 N–H and O–H groups in total. The van der Waals surface area contributed by atoms with Crippen molar-refractivity contribution >= 4 is 0 Å². The summed E-state index contributed by atoms with van der Waals surface area (Å²) in [5.41, 5.74) is 11.8. The zero-order chi connectivity index (χ0) is 13.1. The van der Waals surface area contributed by atoms with Crippen molar-refractivity contribution in [1.82, 2.24) is 9.78 Å². The molecular weight excluding hydrogens is 222 g/mol. The van der Waals surface area contributed by atoms with Crippen molar-refractivity contribution in [2.45, 2.75) is 40.2 Å². The fourth-order valence-electron chi connectivity index (χ4n) is 2.24. The van der Waals surface area contributed by atoms with Crippen LogP contribution in [0, 0.1) is 13.8 Å². The number of hydrogen-bond acceptors (Lipinski definition) is 2. The maximum Gasteiger partial charge on any atom is 0.0680 e. The van der Waals surface area contributed by atoms with Crippen molar-refractivity contribution in [3.05, 3.63) is 46.8 Å². The van der Waals surface area contributed by atoms with Gasteiger partial charge in [-0.25, -0.2) is 4.68 Å². The van der Waals surface area contributed by atoms with Crippen LogP contribution < -0.4 is 5.73 Å². The molecule has 0 bridgehead atoms. The Morgan fingerprint density at radius 1 is 1.28 bits per heavy atom. The summed E-state index contributed by atoms with van der Waals surface area (Å²) in [6, 6.07) is 6.46. The number of benzene rings is 1. The quantitative estimate of drug-likeness (QED) is 0.897. The van der Waals surface area contributed by atoms with Crippen LogP contribution in [-0.4, -0.2) is 9.78 Å². The molecule has 0 aliphatic heterocycles. The molecule has 1 aromatic heterocycles. The van der Waals surface area contributed by atoms with E-state index >= 15 is 0 Å². The Morgan fingerprint density at radius 2 is 2.06 bits per heavy atom. The summed E-state index contributed by atoms with van der Waals surface area (Å²) in [4.78, 5) is 0. The summed E-state index contributed by atoms with van der Waals surface area (Å²) in [5, 5.41) is 4.51. The zero-order valence-corrected chi connectivity index (χ0v) is 11.4. The lowest BCUT2D eigenvalue weighted by Crippen LogP contribution is -2.07. The number of hydrogen-bond donors (Lipinski definition) is 1. The molecule has 0 radical (unpaired) electrons. The maximum absolute atomic E-state index is 5.79. The SMILES string of the molecule is CCCc1c(CN)cnn1-c1cc(C)ccc1C. The summed E-state index contributed by atoms with van der Waals surface area (Å²) in [7, 11) is 0. The second kappa shape index (κ2) is 5.36. The molecule has 0 aliphatic rings. The molecule has 0 saturated heterocycles. The largest absolute Gasteiger partial charge is 0.326 e. The van der Waals surface area contributed by atoms with Gasteiger partial charge in [-0.1, -0.05) is 25.5 Å². The van der Waals surface area contributed by atoms with E-state index in [1.165, 1.54) is 16.8 Å². The van der Waals surface area contributed by atoms with E-state index in [2.05, 4.69) is 44.1 Å². The van der Waals surface area contributed by atoms with E-state index in [1.54, 1.807) is 0 Å². The number of nitrogens with zero attached hydrogens (tertiary/aromatic N) is 2. The molecule has 0 unspecified atom stereocenters. The Morgan fingerprint density at radius 3 is 2.72 bits per heavy atom. The van der Waals surface area contributed by atoms with E-state index < -0.39 is 0 Å². The molecule has 0 saturated carbocycles. The van der Waals surface area contributed by atoms with Gasteiger partial charge < -0.3 is 5.73 Å². The fraction of sp³-hybridized carbons (Fsp3) is 0.400. The first kappa shape index (κ1) is 12.8. The van der Waals surface area contributed by atoms with Crippen LogP contribution in [0.3, 0.4) is 0 Å². The molecule has 2 rings (SSSR count). The molecule has 0 fully saturated rings. The first-order chi connectivity index (χ1) is 8.67. The smallest absolute Gasteiger partial charge is 0.0680 e. The van der Waals surface area contributed by atoms with Gasteiger partial charge in [0.2, 0.25) is 0 Å². The van der Waals surface area contributed by atoms with Crippen molar-refractivity contribution in [2.24, 2.45) is 5.73 Å². The van der Waals surface area contributed by atoms with Gasteiger partial charge >= 0.3 is 0 Å². The van der Waals surface area contributed by atoms with E-state index in [1.807, 2.05) is 10.9 Å². The van der Waals surface area contributed by atoms with E-state index in [0.29, 0.717) is 6.54 Å². The third-order valence-corrected chi connectivity index (χ3v) is 3.25. The lowest BCUT2D eigenvalue weighted by Gasteiger charge is -2.12. The van der Waals surface area contributed by atoms with Crippen LogP contribution in [0.4, 0.5) is 0 Å². The topological polar surface area (TPSA) is 43.8 Å². The Kier molecular flexibility index (Phi) is 3.82. The van der Waals surface area contributed by atoms with Crippen LogP contribution in [-0.2, 0) is 13.0 Å². The van der Waals surface area contributed by atoms with Crippen LogP contribution in [0.25, 0.3) is 5.69 Å². The third-order valence-electron chi connectivity index (χ3n) is 3.25. The third kappa shape index (κ3) is 2.31. The number of nitrogens with two attached hydrogens (primary N) is 1. The molecule has 96 valence electrons. The standard InChI is InChI=1S/C15H21N3/c1-4-5-14-13(9-16)10-17-18(14)15-8-11(2)6-7-12(15)3/h6-8,10H,4-5,9,16H2,1-3H3. The number of aromatic nitrogens is 2. The molecule has 1 heterocycles. The van der Waals surface area contributed by atoms with Crippen molar-refractivity contribution in [1.29, 1.82) is 0 Å². The zero-order valence-electron chi connectivity index (χ0n) is 11.4. The molecule has 3 heteroatoms. The van der Waals surface area contributed by atoms with Gasteiger partial charge in [0.25, 0.3) is 0 Å². The predicted molar refractivity (Wildman–Crippen MR) is 74.9 cm³/mol. The second-order valence-corrected chi connectivity index (χ2v) is 4.77. The fourth-order valence-corrected chi connectivity index (χ4v) is 2.24. The second-order valence-electron chi connectivity index (χ2n) is 4.77. The van der Waals surface area contributed by atoms with Crippen molar-refractivity contribution in [3.63, 3.8) is 0 Å². The van der Waals surface area contributed by atoms with E-state index in [9.17, 15) is 0 Å². The van der Waals surface area contributed by atoms with E-state index in [0.717, 1.165) is 24.1 Å². The van der Waals surface area contributed by atoms with Crippen LogP contribution in [0.5, 0.6) is 0 Å². The highest BCUT2D eigenvalue weighted by molar-refractivity contribution is 5.44. The molecule has 3 nitrogen and oxygen atoms in total. The van der Waals surface area contributed by atoms with Crippen LogP contribution >= 0.6 is 0 Å². The first-order valence-electron chi connectivity index (χ1n) is 6.50.